The molecule has 1 unspecified atom stereocenters. The monoisotopic (exact) mass is 387 g/mol. The Hall–Kier alpha value is -2.34. The lowest BCUT2D eigenvalue weighted by atomic mass is 10.0. The van der Waals surface area contributed by atoms with Crippen LogP contribution in [0.25, 0.3) is 11.1 Å². The van der Waals surface area contributed by atoms with Crippen LogP contribution in [-0.2, 0) is 9.84 Å². The van der Waals surface area contributed by atoms with E-state index in [4.69, 9.17) is 4.74 Å². The predicted octanol–water partition coefficient (Wildman–Crippen LogP) is 3.31. The molecule has 1 saturated heterocycles. The van der Waals surface area contributed by atoms with Crippen LogP contribution < -0.4 is 10.1 Å². The first-order valence-corrected chi connectivity index (χ1v) is 11.0. The van der Waals surface area contributed by atoms with Crippen LogP contribution in [-0.4, -0.2) is 39.5 Å². The van der Waals surface area contributed by atoms with E-state index in [1.54, 1.807) is 19.2 Å². The lowest BCUT2D eigenvalue weighted by molar-refractivity contribution is 0.0952. The molecule has 2 aromatic carbocycles. The second-order valence-electron chi connectivity index (χ2n) is 6.95. The Morgan fingerprint density at radius 2 is 1.96 bits per heavy atom. The summed E-state index contributed by atoms with van der Waals surface area (Å²) in [6.07, 6.45) is 2.36. The average Bonchev–Trinajstić information content (AvgIpc) is 3.04. The number of hydrogen-bond acceptors (Lipinski definition) is 4. The van der Waals surface area contributed by atoms with Crippen molar-refractivity contribution in [1.82, 2.24) is 5.32 Å². The Kier molecular flexibility index (Phi) is 6.16. The van der Waals surface area contributed by atoms with Crippen molar-refractivity contribution in [2.24, 2.45) is 5.92 Å². The molecule has 0 aliphatic carbocycles. The number of amides is 1. The van der Waals surface area contributed by atoms with E-state index < -0.39 is 9.84 Å². The fraction of sp³-hybridized carbons (Fsp3) is 0.381. The van der Waals surface area contributed by atoms with Gasteiger partial charge < -0.3 is 10.1 Å². The molecule has 0 aromatic heterocycles. The minimum Gasteiger partial charge on any atom is -0.496 e. The van der Waals surface area contributed by atoms with Crippen LogP contribution in [0, 0.1) is 5.92 Å². The molecule has 27 heavy (non-hydrogen) atoms. The van der Waals surface area contributed by atoms with Gasteiger partial charge in [-0.2, -0.15) is 0 Å². The summed E-state index contributed by atoms with van der Waals surface area (Å²) in [4.78, 5) is 12.5. The number of nitrogens with one attached hydrogen (secondary N) is 1. The van der Waals surface area contributed by atoms with E-state index in [1.807, 2.05) is 36.4 Å². The van der Waals surface area contributed by atoms with Crippen LogP contribution in [0.1, 0.15) is 29.6 Å². The van der Waals surface area contributed by atoms with Crippen molar-refractivity contribution < 1.29 is 17.9 Å². The predicted molar refractivity (Wildman–Crippen MR) is 107 cm³/mol. The summed E-state index contributed by atoms with van der Waals surface area (Å²) in [5.41, 5.74) is 2.45. The van der Waals surface area contributed by atoms with E-state index in [0.717, 1.165) is 36.1 Å². The van der Waals surface area contributed by atoms with E-state index in [1.165, 1.54) is 0 Å². The molecular weight excluding hydrogens is 362 g/mol. The largest absolute Gasteiger partial charge is 0.496 e. The lowest BCUT2D eigenvalue weighted by Gasteiger charge is -2.12. The van der Waals surface area contributed by atoms with Crippen LogP contribution in [0.2, 0.25) is 0 Å². The summed E-state index contributed by atoms with van der Waals surface area (Å²) in [5, 5.41) is 2.93. The first kappa shape index (κ1) is 19.4. The maximum atomic E-state index is 12.5. The van der Waals surface area contributed by atoms with Gasteiger partial charge in [0.2, 0.25) is 0 Å². The van der Waals surface area contributed by atoms with Crippen molar-refractivity contribution in [3.8, 4) is 16.9 Å². The van der Waals surface area contributed by atoms with Crippen molar-refractivity contribution in [2.45, 2.75) is 19.3 Å². The molecule has 1 heterocycles. The van der Waals surface area contributed by atoms with E-state index in [9.17, 15) is 13.2 Å². The summed E-state index contributed by atoms with van der Waals surface area (Å²) in [6, 6.07) is 15.2. The molecule has 3 rings (SSSR count). The molecule has 6 heteroatoms. The van der Waals surface area contributed by atoms with Crippen molar-refractivity contribution in [3.63, 3.8) is 0 Å². The topological polar surface area (TPSA) is 72.5 Å². The third-order valence-electron chi connectivity index (χ3n) is 4.95. The van der Waals surface area contributed by atoms with Gasteiger partial charge in [-0.15, -0.1) is 0 Å². The molecule has 0 bridgehead atoms. The molecule has 5 nitrogen and oxygen atoms in total. The van der Waals surface area contributed by atoms with Gasteiger partial charge in [-0.3, -0.25) is 4.79 Å². The fourth-order valence-corrected chi connectivity index (χ4v) is 5.40. The molecule has 144 valence electrons. The van der Waals surface area contributed by atoms with Gasteiger partial charge in [0.1, 0.15) is 5.75 Å². The molecule has 1 aliphatic heterocycles. The molecule has 1 N–H and O–H groups in total. The maximum Gasteiger partial charge on any atom is 0.251 e. The third kappa shape index (κ3) is 5.10. The average molecular weight is 388 g/mol. The maximum absolute atomic E-state index is 12.5. The standard InChI is InChI=1S/C21H25NO4S/c1-26-20-10-9-18(14-19(20)17-7-3-2-4-8-17)21(23)22-12-5-6-16-11-13-27(24,25)15-16/h2-4,7-10,14,16H,5-6,11-13,15H2,1H3,(H,22,23). The lowest BCUT2D eigenvalue weighted by Crippen LogP contribution is -2.25. The van der Waals surface area contributed by atoms with E-state index in [2.05, 4.69) is 5.32 Å². The number of carbonyl (C=O) groups excluding carboxylic acids is 1. The van der Waals surface area contributed by atoms with Crippen molar-refractivity contribution >= 4 is 15.7 Å². The summed E-state index contributed by atoms with van der Waals surface area (Å²) in [5.74, 6) is 1.42. The van der Waals surface area contributed by atoms with E-state index in [0.29, 0.717) is 23.6 Å². The number of rotatable bonds is 7. The first-order valence-electron chi connectivity index (χ1n) is 9.20. The van der Waals surface area contributed by atoms with Crippen LogP contribution in [0.3, 0.4) is 0 Å². The fourth-order valence-electron chi connectivity index (χ4n) is 3.49. The summed E-state index contributed by atoms with van der Waals surface area (Å²) in [7, 11) is -1.21. The molecule has 0 radical (unpaired) electrons. The number of methoxy groups -OCH3 is 1. The zero-order valence-corrected chi connectivity index (χ0v) is 16.3. The zero-order chi connectivity index (χ0) is 19.3. The van der Waals surface area contributed by atoms with Crippen molar-refractivity contribution in [1.29, 1.82) is 0 Å². The van der Waals surface area contributed by atoms with Gasteiger partial charge in [0.05, 0.1) is 18.6 Å². The highest BCUT2D eigenvalue weighted by Crippen LogP contribution is 2.30. The first-order chi connectivity index (χ1) is 13.0. The Bertz CT molecular complexity index is 894. The molecule has 1 aliphatic rings. The van der Waals surface area contributed by atoms with Gasteiger partial charge in [-0.25, -0.2) is 8.42 Å². The van der Waals surface area contributed by atoms with Gasteiger partial charge >= 0.3 is 0 Å². The smallest absolute Gasteiger partial charge is 0.251 e. The number of carbonyl (C=O) groups is 1. The number of ether oxygens (including phenoxy) is 1. The van der Waals surface area contributed by atoms with Gasteiger partial charge in [-0.05, 0) is 48.9 Å². The Morgan fingerprint density at radius 3 is 2.63 bits per heavy atom. The van der Waals surface area contributed by atoms with Crippen LogP contribution in [0.4, 0.5) is 0 Å². The van der Waals surface area contributed by atoms with E-state index >= 15 is 0 Å². The number of benzene rings is 2. The molecule has 2 aromatic rings. The Morgan fingerprint density at radius 1 is 1.19 bits per heavy atom. The second-order valence-corrected chi connectivity index (χ2v) is 9.18. The highest BCUT2D eigenvalue weighted by Gasteiger charge is 2.27. The second kappa shape index (κ2) is 8.57. The highest BCUT2D eigenvalue weighted by atomic mass is 32.2. The molecular formula is C21H25NO4S. The summed E-state index contributed by atoms with van der Waals surface area (Å²) in [6.45, 7) is 0.544. The minimum atomic E-state index is -2.83. The quantitative estimate of drug-likeness (QED) is 0.740. The molecule has 1 fully saturated rings. The summed E-state index contributed by atoms with van der Waals surface area (Å²) < 4.78 is 28.4. The van der Waals surface area contributed by atoms with Gasteiger partial charge in [0.15, 0.2) is 9.84 Å². The van der Waals surface area contributed by atoms with Gasteiger partial charge in [0, 0.05) is 17.7 Å². The normalized spacial score (nSPS) is 18.2. The van der Waals surface area contributed by atoms with Gasteiger partial charge in [0.25, 0.3) is 5.91 Å². The molecule has 1 atom stereocenters. The summed E-state index contributed by atoms with van der Waals surface area (Å²) >= 11 is 0. The molecule has 0 saturated carbocycles. The number of hydrogen-bond donors (Lipinski definition) is 1. The van der Waals surface area contributed by atoms with E-state index in [-0.39, 0.29) is 11.8 Å². The molecule has 0 spiro atoms. The van der Waals surface area contributed by atoms with Crippen LogP contribution >= 0.6 is 0 Å². The minimum absolute atomic E-state index is 0.131. The van der Waals surface area contributed by atoms with Crippen molar-refractivity contribution in [2.75, 3.05) is 25.2 Å². The van der Waals surface area contributed by atoms with Gasteiger partial charge in [-0.1, -0.05) is 30.3 Å². The zero-order valence-electron chi connectivity index (χ0n) is 15.5. The third-order valence-corrected chi connectivity index (χ3v) is 6.78. The Balaban J connectivity index is 1.58. The van der Waals surface area contributed by atoms with Crippen LogP contribution in [0.5, 0.6) is 5.75 Å². The highest BCUT2D eigenvalue weighted by molar-refractivity contribution is 7.91. The van der Waals surface area contributed by atoms with Crippen molar-refractivity contribution in [3.05, 3.63) is 54.1 Å². The molecule has 1 amide bonds. The number of sulfone groups is 1. The SMILES string of the molecule is COc1ccc(C(=O)NCCCC2CCS(=O)(=O)C2)cc1-c1ccccc1. The van der Waals surface area contributed by atoms with Crippen LogP contribution in [0.15, 0.2) is 48.5 Å². The Labute approximate surface area is 160 Å².